The number of carbonyl (C=O) groups is 1. The van der Waals surface area contributed by atoms with Crippen LogP contribution < -0.4 is 20.7 Å². The van der Waals surface area contributed by atoms with Crippen LogP contribution in [0.5, 0.6) is 5.75 Å². The third kappa shape index (κ3) is 8.91. The van der Waals surface area contributed by atoms with Crippen LogP contribution >= 0.6 is 0 Å². The van der Waals surface area contributed by atoms with Gasteiger partial charge in [-0.3, -0.25) is 4.79 Å². The van der Waals surface area contributed by atoms with Gasteiger partial charge in [0.25, 0.3) is 0 Å². The number of nitrogens with zero attached hydrogens (tertiary/aromatic N) is 1. The molecular formula is C27H41N3O2. The van der Waals surface area contributed by atoms with Crippen molar-refractivity contribution in [2.24, 2.45) is 11.7 Å². The van der Waals surface area contributed by atoms with Gasteiger partial charge in [-0.15, -0.1) is 0 Å². The van der Waals surface area contributed by atoms with Crippen LogP contribution in [0.25, 0.3) is 0 Å². The summed E-state index contributed by atoms with van der Waals surface area (Å²) in [5.41, 5.74) is 7.97. The van der Waals surface area contributed by atoms with Gasteiger partial charge in [0.1, 0.15) is 12.4 Å². The summed E-state index contributed by atoms with van der Waals surface area (Å²) in [6.45, 7) is 12.7. The molecule has 1 atom stereocenters. The number of hydrogen-bond acceptors (Lipinski definition) is 4. The van der Waals surface area contributed by atoms with Crippen LogP contribution in [0.3, 0.4) is 0 Å². The minimum Gasteiger partial charge on any atom is -0.489 e. The van der Waals surface area contributed by atoms with E-state index in [9.17, 15) is 4.79 Å². The normalized spacial score (nSPS) is 12.5. The topological polar surface area (TPSA) is 67.6 Å². The molecule has 0 aliphatic carbocycles. The monoisotopic (exact) mass is 439 g/mol. The quantitative estimate of drug-likeness (QED) is 0.453. The second-order valence-corrected chi connectivity index (χ2v) is 9.65. The van der Waals surface area contributed by atoms with Crippen LogP contribution in [0.4, 0.5) is 5.69 Å². The fraction of sp³-hybridized carbons (Fsp3) is 0.519. The van der Waals surface area contributed by atoms with Crippen LogP contribution in [0, 0.1) is 5.92 Å². The number of nitrogens with two attached hydrogens (primary N) is 1. The highest BCUT2D eigenvalue weighted by atomic mass is 16.5. The first-order chi connectivity index (χ1) is 15.2. The van der Waals surface area contributed by atoms with Gasteiger partial charge < -0.3 is 20.7 Å². The number of carbonyl (C=O) groups excluding carboxylic acids is 1. The standard InChI is InChI=1S/C27H41N3O2/c1-6-7-17-30(20-27(4,5)29-26(31)25(28)18-21(2)3)23-13-15-24(16-14-23)32-19-22-11-9-8-10-12-22/h8-16,21,25H,6-7,17-20,28H2,1-5H3,(H,29,31). The number of unbranched alkanes of at least 4 members (excludes halogenated alkanes) is 1. The lowest BCUT2D eigenvalue weighted by atomic mass is 10.00. The summed E-state index contributed by atoms with van der Waals surface area (Å²) in [4.78, 5) is 14.9. The Bertz CT molecular complexity index is 803. The van der Waals surface area contributed by atoms with Crippen molar-refractivity contribution in [2.75, 3.05) is 18.0 Å². The smallest absolute Gasteiger partial charge is 0.237 e. The molecule has 0 radical (unpaired) electrons. The maximum absolute atomic E-state index is 12.6. The van der Waals surface area contributed by atoms with E-state index in [0.29, 0.717) is 25.5 Å². The molecule has 0 heterocycles. The summed E-state index contributed by atoms with van der Waals surface area (Å²) < 4.78 is 5.93. The summed E-state index contributed by atoms with van der Waals surface area (Å²) >= 11 is 0. The number of anilines is 1. The number of nitrogens with one attached hydrogen (secondary N) is 1. The molecule has 0 aromatic heterocycles. The molecule has 5 heteroatoms. The van der Waals surface area contributed by atoms with Crippen molar-refractivity contribution in [1.29, 1.82) is 0 Å². The van der Waals surface area contributed by atoms with Crippen molar-refractivity contribution in [3.63, 3.8) is 0 Å². The average molecular weight is 440 g/mol. The second kappa shape index (κ2) is 12.5. The Morgan fingerprint density at radius 2 is 1.75 bits per heavy atom. The third-order valence-corrected chi connectivity index (χ3v) is 5.34. The van der Waals surface area contributed by atoms with E-state index in [1.807, 2.05) is 30.3 Å². The number of benzene rings is 2. The van der Waals surface area contributed by atoms with Crippen molar-refractivity contribution in [1.82, 2.24) is 5.32 Å². The zero-order valence-corrected chi connectivity index (χ0v) is 20.4. The fourth-order valence-corrected chi connectivity index (χ4v) is 3.70. The molecule has 32 heavy (non-hydrogen) atoms. The predicted molar refractivity (Wildman–Crippen MR) is 134 cm³/mol. The lowest BCUT2D eigenvalue weighted by molar-refractivity contribution is -0.124. The van der Waals surface area contributed by atoms with Gasteiger partial charge in [0.05, 0.1) is 11.6 Å². The van der Waals surface area contributed by atoms with Gasteiger partial charge in [-0.2, -0.15) is 0 Å². The fourth-order valence-electron chi connectivity index (χ4n) is 3.70. The molecule has 1 unspecified atom stereocenters. The van der Waals surface area contributed by atoms with Gasteiger partial charge in [-0.25, -0.2) is 0 Å². The van der Waals surface area contributed by atoms with Crippen molar-refractivity contribution in [3.05, 3.63) is 60.2 Å². The van der Waals surface area contributed by atoms with E-state index in [-0.39, 0.29) is 5.91 Å². The molecule has 1 amide bonds. The first kappa shape index (κ1) is 25.7. The van der Waals surface area contributed by atoms with Crippen LogP contribution in [0.2, 0.25) is 0 Å². The molecule has 2 rings (SSSR count). The van der Waals surface area contributed by atoms with E-state index < -0.39 is 11.6 Å². The largest absolute Gasteiger partial charge is 0.489 e. The Hall–Kier alpha value is -2.53. The van der Waals surface area contributed by atoms with Gasteiger partial charge in [0, 0.05) is 18.8 Å². The van der Waals surface area contributed by atoms with Crippen LogP contribution in [-0.2, 0) is 11.4 Å². The van der Waals surface area contributed by atoms with E-state index >= 15 is 0 Å². The number of rotatable bonds is 13. The molecular weight excluding hydrogens is 398 g/mol. The van der Waals surface area contributed by atoms with Crippen LogP contribution in [-0.4, -0.2) is 30.6 Å². The van der Waals surface area contributed by atoms with Crippen molar-refractivity contribution in [2.45, 2.75) is 72.1 Å². The summed E-state index contributed by atoms with van der Waals surface area (Å²) in [5, 5.41) is 3.16. The van der Waals surface area contributed by atoms with E-state index in [0.717, 1.165) is 36.4 Å². The number of ether oxygens (including phenoxy) is 1. The van der Waals surface area contributed by atoms with Gasteiger partial charge in [-0.05, 0) is 62.4 Å². The Morgan fingerprint density at radius 3 is 2.34 bits per heavy atom. The Labute approximate surface area is 194 Å². The maximum Gasteiger partial charge on any atom is 0.237 e. The van der Waals surface area contributed by atoms with Gasteiger partial charge in [0.2, 0.25) is 5.91 Å². The Balaban J connectivity index is 2.02. The van der Waals surface area contributed by atoms with Gasteiger partial charge in [-0.1, -0.05) is 57.5 Å². The van der Waals surface area contributed by atoms with Crippen LogP contribution in [0.1, 0.15) is 59.4 Å². The number of amides is 1. The molecule has 0 bridgehead atoms. The molecule has 0 saturated heterocycles. The van der Waals surface area contributed by atoms with Crippen molar-refractivity contribution < 1.29 is 9.53 Å². The minimum absolute atomic E-state index is 0.0798. The zero-order valence-electron chi connectivity index (χ0n) is 20.4. The molecule has 0 aliphatic heterocycles. The summed E-state index contributed by atoms with van der Waals surface area (Å²) in [5.74, 6) is 1.16. The first-order valence-electron chi connectivity index (χ1n) is 11.8. The van der Waals surface area contributed by atoms with Crippen LogP contribution in [0.15, 0.2) is 54.6 Å². The molecule has 2 aromatic rings. The third-order valence-electron chi connectivity index (χ3n) is 5.34. The van der Waals surface area contributed by atoms with E-state index in [1.165, 1.54) is 0 Å². The minimum atomic E-state index is -0.473. The second-order valence-electron chi connectivity index (χ2n) is 9.65. The average Bonchev–Trinajstić information content (AvgIpc) is 2.75. The van der Waals surface area contributed by atoms with Gasteiger partial charge >= 0.3 is 0 Å². The van der Waals surface area contributed by atoms with Gasteiger partial charge in [0.15, 0.2) is 0 Å². The molecule has 0 spiro atoms. The summed E-state index contributed by atoms with van der Waals surface area (Å²) in [6, 6.07) is 17.9. The molecule has 0 aliphatic rings. The highest BCUT2D eigenvalue weighted by Gasteiger charge is 2.27. The molecule has 176 valence electrons. The van der Waals surface area contributed by atoms with E-state index in [1.54, 1.807) is 0 Å². The van der Waals surface area contributed by atoms with E-state index in [4.69, 9.17) is 10.5 Å². The number of hydrogen-bond donors (Lipinski definition) is 2. The summed E-state index contributed by atoms with van der Waals surface area (Å²) in [6.07, 6.45) is 2.88. The lowest BCUT2D eigenvalue weighted by Crippen LogP contribution is -2.56. The Morgan fingerprint density at radius 1 is 1.09 bits per heavy atom. The molecule has 3 N–H and O–H groups in total. The Kier molecular flexibility index (Phi) is 10.0. The highest BCUT2D eigenvalue weighted by Crippen LogP contribution is 2.23. The molecule has 2 aromatic carbocycles. The molecule has 0 saturated carbocycles. The SMILES string of the molecule is CCCCN(CC(C)(C)NC(=O)C(N)CC(C)C)c1ccc(OCc2ccccc2)cc1. The predicted octanol–water partition coefficient (Wildman–Crippen LogP) is 5.14. The van der Waals surface area contributed by atoms with Crippen molar-refractivity contribution in [3.8, 4) is 5.75 Å². The highest BCUT2D eigenvalue weighted by molar-refractivity contribution is 5.82. The molecule has 0 fully saturated rings. The lowest BCUT2D eigenvalue weighted by Gasteiger charge is -2.36. The maximum atomic E-state index is 12.6. The molecule has 5 nitrogen and oxygen atoms in total. The zero-order chi connectivity index (χ0) is 23.6. The van der Waals surface area contributed by atoms with Crippen molar-refractivity contribution >= 4 is 11.6 Å². The van der Waals surface area contributed by atoms with E-state index in [2.05, 4.69) is 69.1 Å². The summed E-state index contributed by atoms with van der Waals surface area (Å²) in [7, 11) is 0. The first-order valence-corrected chi connectivity index (χ1v) is 11.8.